The minimum absolute atomic E-state index is 0.0127. The van der Waals surface area contributed by atoms with E-state index >= 15 is 0 Å². The zero-order chi connectivity index (χ0) is 23.3. The SMILES string of the molecule is CC(Sc1nc2ccccc2c(=O)n1Cc1ccccc1)C(=O)NC12CC3CC(CC(C3)C1)C2. The Balaban J connectivity index is 1.27. The fraction of sp³-hybridized carbons (Fsp3) is 0.464. The molecule has 0 saturated heterocycles. The lowest BCUT2D eigenvalue weighted by Gasteiger charge is -2.57. The molecular formula is C28H31N3O2S. The average molecular weight is 474 g/mol. The van der Waals surface area contributed by atoms with Gasteiger partial charge in [0.2, 0.25) is 5.91 Å². The number of nitrogens with zero attached hydrogens (tertiary/aromatic N) is 2. The molecule has 3 aromatic rings. The number of benzene rings is 2. The first kappa shape index (κ1) is 21.9. The molecule has 1 unspecified atom stereocenters. The predicted molar refractivity (Wildman–Crippen MR) is 136 cm³/mol. The van der Waals surface area contributed by atoms with Gasteiger partial charge in [0.25, 0.3) is 5.56 Å². The molecule has 4 aliphatic carbocycles. The summed E-state index contributed by atoms with van der Waals surface area (Å²) in [4.78, 5) is 31.6. The number of aromatic nitrogens is 2. The number of carbonyl (C=O) groups excluding carboxylic acids is 1. The van der Waals surface area contributed by atoms with Crippen molar-refractivity contribution in [1.82, 2.24) is 14.9 Å². The second-order valence-corrected chi connectivity index (χ2v) is 12.0. The van der Waals surface area contributed by atoms with Gasteiger partial charge >= 0.3 is 0 Å². The van der Waals surface area contributed by atoms with E-state index in [-0.39, 0.29) is 22.3 Å². The van der Waals surface area contributed by atoms with Crippen molar-refractivity contribution >= 4 is 28.6 Å². The summed E-state index contributed by atoms with van der Waals surface area (Å²) < 4.78 is 1.72. The quantitative estimate of drug-likeness (QED) is 0.404. The first-order chi connectivity index (χ1) is 16.5. The number of thioether (sulfide) groups is 1. The molecule has 1 heterocycles. The topological polar surface area (TPSA) is 64.0 Å². The van der Waals surface area contributed by atoms with Crippen LogP contribution in [-0.4, -0.2) is 26.2 Å². The second kappa shape index (κ2) is 8.56. The number of para-hydroxylation sites is 1. The van der Waals surface area contributed by atoms with E-state index in [0.29, 0.717) is 22.6 Å². The summed E-state index contributed by atoms with van der Waals surface area (Å²) in [6, 6.07) is 17.4. The second-order valence-electron chi connectivity index (χ2n) is 10.7. The van der Waals surface area contributed by atoms with Gasteiger partial charge in [0.05, 0.1) is 22.7 Å². The third kappa shape index (κ3) is 4.06. The zero-order valence-corrected chi connectivity index (χ0v) is 20.4. The maximum atomic E-state index is 13.4. The first-order valence-electron chi connectivity index (χ1n) is 12.5. The molecule has 7 rings (SSSR count). The average Bonchev–Trinajstić information content (AvgIpc) is 2.81. The van der Waals surface area contributed by atoms with Gasteiger partial charge in [-0.3, -0.25) is 14.2 Å². The number of fused-ring (bicyclic) bond motifs is 1. The molecule has 1 aromatic heterocycles. The Labute approximate surface area is 204 Å². The smallest absolute Gasteiger partial charge is 0.262 e. The van der Waals surface area contributed by atoms with Gasteiger partial charge in [-0.2, -0.15) is 0 Å². The maximum absolute atomic E-state index is 13.4. The van der Waals surface area contributed by atoms with E-state index in [0.717, 1.165) is 42.6 Å². The minimum Gasteiger partial charge on any atom is -0.350 e. The zero-order valence-electron chi connectivity index (χ0n) is 19.6. The molecule has 4 aliphatic rings. The van der Waals surface area contributed by atoms with Crippen LogP contribution in [0.1, 0.15) is 51.0 Å². The van der Waals surface area contributed by atoms with Gasteiger partial charge in [0, 0.05) is 5.54 Å². The number of hydrogen-bond acceptors (Lipinski definition) is 4. The fourth-order valence-corrected chi connectivity index (χ4v) is 7.89. The monoisotopic (exact) mass is 473 g/mol. The van der Waals surface area contributed by atoms with Crippen molar-refractivity contribution in [3.8, 4) is 0 Å². The molecule has 1 atom stereocenters. The molecule has 0 spiro atoms. The Morgan fingerprint density at radius 1 is 1.03 bits per heavy atom. The van der Waals surface area contributed by atoms with E-state index in [4.69, 9.17) is 4.98 Å². The molecule has 4 fully saturated rings. The first-order valence-corrected chi connectivity index (χ1v) is 13.4. The minimum atomic E-state index is -0.330. The Kier molecular flexibility index (Phi) is 5.51. The van der Waals surface area contributed by atoms with E-state index in [1.54, 1.807) is 4.57 Å². The summed E-state index contributed by atoms with van der Waals surface area (Å²) in [6.07, 6.45) is 7.46. The van der Waals surface area contributed by atoms with Crippen LogP contribution in [0.25, 0.3) is 10.9 Å². The van der Waals surface area contributed by atoms with Gasteiger partial charge < -0.3 is 5.32 Å². The molecule has 1 amide bonds. The largest absolute Gasteiger partial charge is 0.350 e. The summed E-state index contributed by atoms with van der Waals surface area (Å²) in [5, 5.41) is 4.36. The van der Waals surface area contributed by atoms with Crippen molar-refractivity contribution in [3.05, 3.63) is 70.5 Å². The third-order valence-corrected chi connectivity index (χ3v) is 9.18. The van der Waals surface area contributed by atoms with Gasteiger partial charge in [0.15, 0.2) is 5.16 Å². The molecule has 176 valence electrons. The Hall–Kier alpha value is -2.60. The van der Waals surface area contributed by atoms with E-state index in [2.05, 4.69) is 5.32 Å². The molecule has 1 N–H and O–H groups in total. The normalized spacial score (nSPS) is 28.2. The van der Waals surface area contributed by atoms with Gasteiger partial charge in [-0.1, -0.05) is 54.2 Å². The summed E-state index contributed by atoms with van der Waals surface area (Å²) in [5.74, 6) is 2.42. The van der Waals surface area contributed by atoms with Gasteiger partial charge in [-0.25, -0.2) is 4.98 Å². The number of hydrogen-bond donors (Lipinski definition) is 1. The van der Waals surface area contributed by atoms with E-state index in [1.165, 1.54) is 31.0 Å². The van der Waals surface area contributed by atoms with Crippen LogP contribution in [0, 0.1) is 17.8 Å². The van der Waals surface area contributed by atoms with Crippen LogP contribution >= 0.6 is 11.8 Å². The van der Waals surface area contributed by atoms with E-state index < -0.39 is 0 Å². The highest BCUT2D eigenvalue weighted by Crippen LogP contribution is 2.55. The molecule has 0 aliphatic heterocycles. The predicted octanol–water partition coefficient (Wildman–Crippen LogP) is 5.01. The van der Waals surface area contributed by atoms with Crippen molar-refractivity contribution in [2.24, 2.45) is 17.8 Å². The van der Waals surface area contributed by atoms with Crippen LogP contribution < -0.4 is 10.9 Å². The summed E-state index contributed by atoms with van der Waals surface area (Å²) in [7, 11) is 0. The summed E-state index contributed by atoms with van der Waals surface area (Å²) in [6.45, 7) is 2.37. The number of nitrogens with one attached hydrogen (secondary N) is 1. The molecular weight excluding hydrogens is 442 g/mol. The van der Waals surface area contributed by atoms with Gasteiger partial charge in [0.1, 0.15) is 0 Å². The lowest BCUT2D eigenvalue weighted by molar-refractivity contribution is -0.126. The lowest BCUT2D eigenvalue weighted by atomic mass is 9.53. The highest BCUT2D eigenvalue weighted by atomic mass is 32.2. The van der Waals surface area contributed by atoms with Crippen molar-refractivity contribution in [2.75, 3.05) is 0 Å². The third-order valence-electron chi connectivity index (χ3n) is 8.09. The Morgan fingerprint density at radius 3 is 2.32 bits per heavy atom. The Bertz CT molecular complexity index is 1250. The van der Waals surface area contributed by atoms with Crippen LogP contribution in [0.15, 0.2) is 64.5 Å². The molecule has 6 heteroatoms. The standard InChI is InChI=1S/C28H31N3O2S/c1-18(25(32)30-28-14-20-11-21(15-28)13-22(12-20)16-28)34-27-29-24-10-6-5-9-23(24)26(33)31(27)17-19-7-3-2-4-8-19/h2-10,18,20-22H,11-17H2,1H3,(H,30,32). The number of carbonyl (C=O) groups is 1. The van der Waals surface area contributed by atoms with E-state index in [9.17, 15) is 9.59 Å². The van der Waals surface area contributed by atoms with Crippen LogP contribution in [0.5, 0.6) is 0 Å². The molecule has 0 radical (unpaired) electrons. The van der Waals surface area contributed by atoms with E-state index in [1.807, 2.05) is 61.5 Å². The van der Waals surface area contributed by atoms with Gasteiger partial charge in [-0.05, 0) is 80.9 Å². The summed E-state index contributed by atoms with van der Waals surface area (Å²) in [5.41, 5.74) is 1.63. The van der Waals surface area contributed by atoms with Crippen molar-refractivity contribution in [3.63, 3.8) is 0 Å². The fourth-order valence-electron chi connectivity index (χ4n) is 6.98. The van der Waals surface area contributed by atoms with Crippen LogP contribution in [0.3, 0.4) is 0 Å². The maximum Gasteiger partial charge on any atom is 0.262 e. The lowest BCUT2D eigenvalue weighted by Crippen LogP contribution is -2.60. The van der Waals surface area contributed by atoms with Crippen molar-refractivity contribution in [2.45, 2.75) is 67.9 Å². The molecule has 4 saturated carbocycles. The summed E-state index contributed by atoms with van der Waals surface area (Å²) >= 11 is 1.39. The van der Waals surface area contributed by atoms with Gasteiger partial charge in [-0.15, -0.1) is 0 Å². The molecule has 2 aromatic carbocycles. The number of amides is 1. The van der Waals surface area contributed by atoms with Crippen LogP contribution in [-0.2, 0) is 11.3 Å². The highest BCUT2D eigenvalue weighted by molar-refractivity contribution is 8.00. The van der Waals surface area contributed by atoms with Crippen LogP contribution in [0.2, 0.25) is 0 Å². The van der Waals surface area contributed by atoms with Crippen molar-refractivity contribution in [1.29, 1.82) is 0 Å². The molecule has 34 heavy (non-hydrogen) atoms. The molecule has 5 nitrogen and oxygen atoms in total. The number of rotatable bonds is 6. The van der Waals surface area contributed by atoms with Crippen LogP contribution in [0.4, 0.5) is 0 Å². The molecule has 4 bridgehead atoms. The van der Waals surface area contributed by atoms with Crippen molar-refractivity contribution < 1.29 is 4.79 Å². The Morgan fingerprint density at radius 2 is 1.65 bits per heavy atom. The highest BCUT2D eigenvalue weighted by Gasteiger charge is 2.51.